The highest BCUT2D eigenvalue weighted by atomic mass is 35.5. The Hall–Kier alpha value is -3.94. The molecule has 1 amide bonds. The number of carbonyl (C=O) groups is 3. The Bertz CT molecular complexity index is 1660. The molecule has 2 heterocycles. The fraction of sp³-hybridized carbons (Fsp3) is 0.273. The maximum atomic E-state index is 13.4. The van der Waals surface area contributed by atoms with E-state index in [0.29, 0.717) is 51.1 Å². The lowest BCUT2D eigenvalue weighted by Gasteiger charge is -2.26. The number of halogens is 1. The van der Waals surface area contributed by atoms with E-state index >= 15 is 0 Å². The molecule has 1 N–H and O–H groups in total. The van der Waals surface area contributed by atoms with Crippen LogP contribution in [0.15, 0.2) is 65.6 Å². The van der Waals surface area contributed by atoms with Gasteiger partial charge in [-0.1, -0.05) is 47.7 Å². The number of amides is 1. The molecular formula is C33H31ClN2O8S2. The Labute approximate surface area is 280 Å². The largest absolute Gasteiger partial charge is 0.495 e. The van der Waals surface area contributed by atoms with Crippen LogP contribution in [0.3, 0.4) is 0 Å². The minimum Gasteiger partial charge on any atom is -0.495 e. The number of aromatic carboxylic acids is 1. The van der Waals surface area contributed by atoms with Gasteiger partial charge in [0.25, 0.3) is 5.91 Å². The van der Waals surface area contributed by atoms with Crippen molar-refractivity contribution in [2.24, 2.45) is 0 Å². The molecule has 0 aromatic heterocycles. The molecule has 10 nitrogen and oxygen atoms in total. The number of benzene rings is 3. The van der Waals surface area contributed by atoms with E-state index in [1.54, 1.807) is 19.3 Å². The fourth-order valence-electron chi connectivity index (χ4n) is 4.81. The number of nitrogens with zero attached hydrogens (tertiary/aromatic N) is 2. The van der Waals surface area contributed by atoms with Crippen molar-refractivity contribution in [3.63, 3.8) is 0 Å². The van der Waals surface area contributed by atoms with Gasteiger partial charge in [-0.25, -0.2) is 4.79 Å². The second-order valence-corrected chi connectivity index (χ2v) is 12.4. The maximum absolute atomic E-state index is 13.4. The molecule has 3 aromatic rings. The summed E-state index contributed by atoms with van der Waals surface area (Å²) in [5.41, 5.74) is 2.50. The summed E-state index contributed by atoms with van der Waals surface area (Å²) >= 11 is 13.0. The third kappa shape index (κ3) is 8.45. The smallest absolute Gasteiger partial charge is 0.335 e. The van der Waals surface area contributed by atoms with Gasteiger partial charge in [0, 0.05) is 31.7 Å². The number of carbonyl (C=O) groups excluding carboxylic acids is 2. The predicted molar refractivity (Wildman–Crippen MR) is 180 cm³/mol. The van der Waals surface area contributed by atoms with Crippen molar-refractivity contribution in [2.75, 3.05) is 53.1 Å². The van der Waals surface area contributed by atoms with Gasteiger partial charge >= 0.3 is 11.9 Å². The van der Waals surface area contributed by atoms with Gasteiger partial charge in [0.15, 0.2) is 0 Å². The summed E-state index contributed by atoms with van der Waals surface area (Å²) in [5, 5.41) is 9.51. The van der Waals surface area contributed by atoms with E-state index < -0.39 is 11.9 Å². The standard InChI is InChI=1S/C33H31ClN2O8S2/c1-41-28-9-5-23(19-26(28)34)22-4-8-27(43-17-14-35-12-15-42-16-13-35)24(18-22)20-29-31(38)36(33(45)46-29)11-10-30(37)44-25-6-2-21(3-7-25)32(39)40/h2-9,18-20H,10-17H2,1H3,(H,39,40). The second-order valence-electron chi connectivity index (χ2n) is 10.3. The second kappa shape index (κ2) is 15.6. The number of morpholine rings is 1. The molecule has 0 aliphatic carbocycles. The zero-order valence-electron chi connectivity index (χ0n) is 24.9. The topological polar surface area (TPSA) is 115 Å². The Morgan fingerprint density at radius 3 is 2.39 bits per heavy atom. The van der Waals surface area contributed by atoms with Crippen molar-refractivity contribution in [1.82, 2.24) is 9.80 Å². The van der Waals surface area contributed by atoms with Crippen LogP contribution in [-0.4, -0.2) is 90.2 Å². The molecule has 46 heavy (non-hydrogen) atoms. The average molecular weight is 683 g/mol. The van der Waals surface area contributed by atoms with Gasteiger partial charge in [-0.15, -0.1) is 0 Å². The van der Waals surface area contributed by atoms with Crippen LogP contribution in [0, 0.1) is 0 Å². The van der Waals surface area contributed by atoms with Crippen LogP contribution < -0.4 is 14.2 Å². The lowest BCUT2D eigenvalue weighted by atomic mass is 10.0. The van der Waals surface area contributed by atoms with Gasteiger partial charge in [-0.2, -0.15) is 0 Å². The fourth-order valence-corrected chi connectivity index (χ4v) is 6.37. The average Bonchev–Trinajstić information content (AvgIpc) is 3.32. The predicted octanol–water partition coefficient (Wildman–Crippen LogP) is 5.62. The lowest BCUT2D eigenvalue weighted by Crippen LogP contribution is -2.38. The monoisotopic (exact) mass is 682 g/mol. The van der Waals surface area contributed by atoms with E-state index in [0.717, 1.165) is 42.5 Å². The van der Waals surface area contributed by atoms with Crippen molar-refractivity contribution in [3.8, 4) is 28.4 Å². The number of carboxylic acids is 1. The number of ether oxygens (including phenoxy) is 4. The number of thiocarbonyl (C=S) groups is 1. The van der Waals surface area contributed by atoms with Crippen molar-refractivity contribution < 1.29 is 38.4 Å². The third-order valence-electron chi connectivity index (χ3n) is 7.30. The molecule has 0 radical (unpaired) electrons. The first-order chi connectivity index (χ1) is 22.2. The number of rotatable bonds is 12. The van der Waals surface area contributed by atoms with E-state index in [4.69, 9.17) is 47.9 Å². The summed E-state index contributed by atoms with van der Waals surface area (Å²) in [7, 11) is 1.56. The third-order valence-corrected chi connectivity index (χ3v) is 8.97. The molecule has 13 heteroatoms. The van der Waals surface area contributed by atoms with Crippen molar-refractivity contribution in [2.45, 2.75) is 6.42 Å². The minimum absolute atomic E-state index is 0.0291. The molecule has 240 valence electrons. The highest BCUT2D eigenvalue weighted by Crippen LogP contribution is 2.37. The van der Waals surface area contributed by atoms with Crippen LogP contribution in [0.5, 0.6) is 17.2 Å². The van der Waals surface area contributed by atoms with Gasteiger partial charge in [0.05, 0.1) is 42.2 Å². The maximum Gasteiger partial charge on any atom is 0.335 e. The molecule has 2 aliphatic rings. The van der Waals surface area contributed by atoms with Gasteiger partial charge in [0.2, 0.25) is 0 Å². The van der Waals surface area contributed by atoms with E-state index in [1.807, 2.05) is 30.3 Å². The van der Waals surface area contributed by atoms with Crippen LogP contribution in [0.25, 0.3) is 17.2 Å². The summed E-state index contributed by atoms with van der Waals surface area (Å²) in [4.78, 5) is 41.0. The van der Waals surface area contributed by atoms with Crippen LogP contribution in [0.2, 0.25) is 5.02 Å². The summed E-state index contributed by atoms with van der Waals surface area (Å²) in [6.07, 6.45) is 1.64. The van der Waals surface area contributed by atoms with E-state index in [9.17, 15) is 14.4 Å². The van der Waals surface area contributed by atoms with Gasteiger partial charge in [0.1, 0.15) is 28.2 Å². The normalized spacial score (nSPS) is 16.1. The Balaban J connectivity index is 1.31. The molecule has 2 saturated heterocycles. The summed E-state index contributed by atoms with van der Waals surface area (Å²) < 4.78 is 22.6. The first-order valence-electron chi connectivity index (χ1n) is 14.4. The SMILES string of the molecule is COc1ccc(-c2ccc(OCCN3CCOCC3)c(C=C3SC(=S)N(CCC(=O)Oc4ccc(C(=O)O)cc4)C3=O)c2)cc1Cl. The van der Waals surface area contributed by atoms with Crippen molar-refractivity contribution in [1.29, 1.82) is 0 Å². The van der Waals surface area contributed by atoms with Crippen LogP contribution in [0.4, 0.5) is 0 Å². The van der Waals surface area contributed by atoms with Crippen LogP contribution in [0.1, 0.15) is 22.3 Å². The highest BCUT2D eigenvalue weighted by Gasteiger charge is 2.32. The first-order valence-corrected chi connectivity index (χ1v) is 16.0. The molecule has 0 bridgehead atoms. The van der Waals surface area contributed by atoms with E-state index in [2.05, 4.69) is 4.90 Å². The zero-order chi connectivity index (χ0) is 32.6. The lowest BCUT2D eigenvalue weighted by molar-refractivity contribution is -0.134. The number of hydrogen-bond acceptors (Lipinski definition) is 10. The first kappa shape index (κ1) is 33.4. The molecule has 5 rings (SSSR count). The molecule has 0 unspecified atom stereocenters. The summed E-state index contributed by atoms with van der Waals surface area (Å²) in [6.45, 7) is 4.31. The van der Waals surface area contributed by atoms with Crippen LogP contribution in [-0.2, 0) is 14.3 Å². The number of carboxylic acid groups (broad SMARTS) is 1. The van der Waals surface area contributed by atoms with Crippen molar-refractivity contribution >= 4 is 63.8 Å². The Kier molecular flexibility index (Phi) is 11.3. The van der Waals surface area contributed by atoms with Gasteiger partial charge in [-0.3, -0.25) is 19.4 Å². The van der Waals surface area contributed by atoms with Gasteiger partial charge in [-0.05, 0) is 65.7 Å². The number of thioether (sulfide) groups is 1. The zero-order valence-corrected chi connectivity index (χ0v) is 27.3. The Morgan fingerprint density at radius 1 is 1.02 bits per heavy atom. The molecule has 0 atom stereocenters. The summed E-state index contributed by atoms with van der Waals surface area (Å²) in [5.74, 6) is -0.603. The number of hydrogen-bond donors (Lipinski definition) is 1. The Morgan fingerprint density at radius 2 is 1.72 bits per heavy atom. The number of esters is 1. The van der Waals surface area contributed by atoms with Gasteiger partial charge < -0.3 is 24.1 Å². The summed E-state index contributed by atoms with van der Waals surface area (Å²) in [6, 6.07) is 16.8. The molecule has 2 fully saturated rings. The molecule has 0 saturated carbocycles. The molecule has 2 aliphatic heterocycles. The molecule has 0 spiro atoms. The highest BCUT2D eigenvalue weighted by molar-refractivity contribution is 8.26. The van der Waals surface area contributed by atoms with E-state index in [1.165, 1.54) is 29.2 Å². The van der Waals surface area contributed by atoms with E-state index in [-0.39, 0.29) is 30.2 Å². The molecular weight excluding hydrogens is 652 g/mol. The van der Waals surface area contributed by atoms with Crippen molar-refractivity contribution in [3.05, 3.63) is 81.7 Å². The molecule has 3 aromatic carbocycles. The quantitative estimate of drug-likeness (QED) is 0.111. The van der Waals surface area contributed by atoms with Crippen LogP contribution >= 0.6 is 35.6 Å². The number of methoxy groups -OCH3 is 1. The minimum atomic E-state index is -1.08.